The average molecular weight is 251 g/mol. The molecular formula is C15H25NO2. The molecule has 1 atom stereocenters. The van der Waals surface area contributed by atoms with E-state index < -0.39 is 0 Å². The van der Waals surface area contributed by atoms with Crippen LogP contribution in [0.3, 0.4) is 0 Å². The van der Waals surface area contributed by atoms with Gasteiger partial charge in [0, 0.05) is 13.2 Å². The first-order valence-electron chi connectivity index (χ1n) is 6.73. The Labute approximate surface area is 110 Å². The molecule has 0 saturated heterocycles. The number of rotatable bonds is 9. The predicted octanol–water partition coefficient (Wildman–Crippen LogP) is 2.77. The zero-order chi connectivity index (χ0) is 13.2. The van der Waals surface area contributed by atoms with Crippen molar-refractivity contribution in [3.63, 3.8) is 0 Å². The van der Waals surface area contributed by atoms with Crippen LogP contribution >= 0.6 is 0 Å². The normalized spacial score (nSPS) is 12.4. The SMILES string of the molecule is CCCC(N)CCc1ccccc1OCCOC. The second-order valence-corrected chi connectivity index (χ2v) is 4.54. The van der Waals surface area contributed by atoms with Gasteiger partial charge in [-0.05, 0) is 30.9 Å². The molecular weight excluding hydrogens is 226 g/mol. The number of hydrogen-bond donors (Lipinski definition) is 1. The van der Waals surface area contributed by atoms with Gasteiger partial charge in [-0.3, -0.25) is 0 Å². The van der Waals surface area contributed by atoms with E-state index in [1.807, 2.05) is 18.2 Å². The number of nitrogens with two attached hydrogens (primary N) is 1. The molecule has 0 aliphatic carbocycles. The van der Waals surface area contributed by atoms with Crippen LogP contribution in [0.15, 0.2) is 24.3 Å². The third kappa shape index (κ3) is 5.52. The van der Waals surface area contributed by atoms with E-state index in [9.17, 15) is 0 Å². The van der Waals surface area contributed by atoms with Crippen LogP contribution in [0.1, 0.15) is 31.7 Å². The highest BCUT2D eigenvalue weighted by Crippen LogP contribution is 2.20. The smallest absolute Gasteiger partial charge is 0.122 e. The van der Waals surface area contributed by atoms with Crippen molar-refractivity contribution in [2.24, 2.45) is 5.73 Å². The van der Waals surface area contributed by atoms with E-state index >= 15 is 0 Å². The summed E-state index contributed by atoms with van der Waals surface area (Å²) in [5.41, 5.74) is 7.28. The molecule has 0 amide bonds. The fourth-order valence-corrected chi connectivity index (χ4v) is 1.94. The molecule has 3 nitrogen and oxygen atoms in total. The van der Waals surface area contributed by atoms with Crippen LogP contribution in [0.4, 0.5) is 0 Å². The molecule has 0 heterocycles. The molecule has 0 saturated carbocycles. The molecule has 0 spiro atoms. The van der Waals surface area contributed by atoms with Crippen LogP contribution in [0, 0.1) is 0 Å². The minimum absolute atomic E-state index is 0.294. The molecule has 2 N–H and O–H groups in total. The Morgan fingerprint density at radius 2 is 1.94 bits per heavy atom. The van der Waals surface area contributed by atoms with E-state index in [4.69, 9.17) is 15.2 Å². The van der Waals surface area contributed by atoms with Gasteiger partial charge in [0.1, 0.15) is 12.4 Å². The van der Waals surface area contributed by atoms with Crippen LogP contribution in [0.2, 0.25) is 0 Å². The Bertz CT molecular complexity index is 328. The van der Waals surface area contributed by atoms with Crippen molar-refractivity contribution in [2.45, 2.75) is 38.6 Å². The Balaban J connectivity index is 2.48. The van der Waals surface area contributed by atoms with Gasteiger partial charge in [0.15, 0.2) is 0 Å². The van der Waals surface area contributed by atoms with Gasteiger partial charge in [0.25, 0.3) is 0 Å². The Kier molecular flexibility index (Phi) is 7.46. The van der Waals surface area contributed by atoms with Crippen molar-refractivity contribution in [1.82, 2.24) is 0 Å². The summed E-state index contributed by atoms with van der Waals surface area (Å²) in [6.07, 6.45) is 4.22. The summed E-state index contributed by atoms with van der Waals surface area (Å²) in [4.78, 5) is 0. The monoisotopic (exact) mass is 251 g/mol. The molecule has 1 aromatic carbocycles. The lowest BCUT2D eigenvalue weighted by Gasteiger charge is -2.13. The number of hydrogen-bond acceptors (Lipinski definition) is 3. The summed E-state index contributed by atoms with van der Waals surface area (Å²) >= 11 is 0. The maximum Gasteiger partial charge on any atom is 0.122 e. The fraction of sp³-hybridized carbons (Fsp3) is 0.600. The molecule has 0 aromatic heterocycles. The minimum Gasteiger partial charge on any atom is -0.491 e. The third-order valence-electron chi connectivity index (χ3n) is 2.96. The summed E-state index contributed by atoms with van der Waals surface area (Å²) in [5, 5.41) is 0. The highest BCUT2D eigenvalue weighted by Gasteiger charge is 2.06. The Morgan fingerprint density at radius 1 is 1.17 bits per heavy atom. The molecule has 1 unspecified atom stereocenters. The van der Waals surface area contributed by atoms with Crippen molar-refractivity contribution >= 4 is 0 Å². The molecule has 0 fully saturated rings. The largest absolute Gasteiger partial charge is 0.491 e. The number of aryl methyl sites for hydroxylation is 1. The van der Waals surface area contributed by atoms with Crippen molar-refractivity contribution in [3.8, 4) is 5.75 Å². The lowest BCUT2D eigenvalue weighted by atomic mass is 10.0. The summed E-state index contributed by atoms with van der Waals surface area (Å²) < 4.78 is 10.7. The highest BCUT2D eigenvalue weighted by atomic mass is 16.5. The predicted molar refractivity (Wildman–Crippen MR) is 75.0 cm³/mol. The van der Waals surface area contributed by atoms with Gasteiger partial charge in [0.05, 0.1) is 6.61 Å². The second-order valence-electron chi connectivity index (χ2n) is 4.54. The lowest BCUT2D eigenvalue weighted by molar-refractivity contribution is 0.145. The van der Waals surface area contributed by atoms with E-state index in [0.717, 1.165) is 31.4 Å². The Hall–Kier alpha value is -1.06. The van der Waals surface area contributed by atoms with Gasteiger partial charge in [-0.15, -0.1) is 0 Å². The van der Waals surface area contributed by atoms with Gasteiger partial charge < -0.3 is 15.2 Å². The molecule has 1 rings (SSSR count). The summed E-state index contributed by atoms with van der Waals surface area (Å²) in [7, 11) is 1.68. The average Bonchev–Trinajstić information content (AvgIpc) is 2.38. The van der Waals surface area contributed by atoms with Crippen molar-refractivity contribution in [1.29, 1.82) is 0 Å². The van der Waals surface area contributed by atoms with Crippen LogP contribution in [-0.2, 0) is 11.2 Å². The molecule has 0 bridgehead atoms. The molecule has 18 heavy (non-hydrogen) atoms. The third-order valence-corrected chi connectivity index (χ3v) is 2.96. The van der Waals surface area contributed by atoms with Crippen LogP contribution in [0.5, 0.6) is 5.75 Å². The molecule has 0 radical (unpaired) electrons. The fourth-order valence-electron chi connectivity index (χ4n) is 1.94. The van der Waals surface area contributed by atoms with Gasteiger partial charge in [-0.2, -0.15) is 0 Å². The van der Waals surface area contributed by atoms with Gasteiger partial charge >= 0.3 is 0 Å². The van der Waals surface area contributed by atoms with E-state index in [0.29, 0.717) is 19.3 Å². The minimum atomic E-state index is 0.294. The van der Waals surface area contributed by atoms with Crippen molar-refractivity contribution in [3.05, 3.63) is 29.8 Å². The first-order chi connectivity index (χ1) is 8.77. The van der Waals surface area contributed by atoms with Crippen molar-refractivity contribution in [2.75, 3.05) is 20.3 Å². The van der Waals surface area contributed by atoms with Gasteiger partial charge in [0.2, 0.25) is 0 Å². The zero-order valence-corrected chi connectivity index (χ0v) is 11.5. The molecule has 0 aliphatic heterocycles. The summed E-state index contributed by atoms with van der Waals surface area (Å²) in [5.74, 6) is 0.957. The number of methoxy groups -OCH3 is 1. The summed E-state index contributed by atoms with van der Waals surface area (Å²) in [6, 6.07) is 8.46. The van der Waals surface area contributed by atoms with Crippen LogP contribution < -0.4 is 10.5 Å². The van der Waals surface area contributed by atoms with Gasteiger partial charge in [-0.25, -0.2) is 0 Å². The quantitative estimate of drug-likeness (QED) is 0.686. The standard InChI is InChI=1S/C15H25NO2/c1-3-6-14(16)10-9-13-7-4-5-8-15(13)18-12-11-17-2/h4-5,7-8,14H,3,6,9-12,16H2,1-2H3. The maximum absolute atomic E-state index is 6.04. The second kappa shape index (κ2) is 8.95. The number of ether oxygens (including phenoxy) is 2. The number of para-hydroxylation sites is 1. The topological polar surface area (TPSA) is 44.5 Å². The first-order valence-corrected chi connectivity index (χ1v) is 6.73. The molecule has 3 heteroatoms. The highest BCUT2D eigenvalue weighted by molar-refractivity contribution is 5.33. The van der Waals surface area contributed by atoms with E-state index in [1.54, 1.807) is 7.11 Å². The zero-order valence-electron chi connectivity index (χ0n) is 11.5. The van der Waals surface area contributed by atoms with E-state index in [-0.39, 0.29) is 0 Å². The summed E-state index contributed by atoms with van der Waals surface area (Å²) in [6.45, 7) is 3.37. The lowest BCUT2D eigenvalue weighted by Crippen LogP contribution is -2.20. The first kappa shape index (κ1) is 15.0. The molecule has 0 aliphatic rings. The Morgan fingerprint density at radius 3 is 2.67 bits per heavy atom. The van der Waals surface area contributed by atoms with E-state index in [2.05, 4.69) is 13.0 Å². The van der Waals surface area contributed by atoms with Crippen molar-refractivity contribution < 1.29 is 9.47 Å². The maximum atomic E-state index is 6.04. The van der Waals surface area contributed by atoms with Crippen LogP contribution in [0.25, 0.3) is 0 Å². The van der Waals surface area contributed by atoms with E-state index in [1.165, 1.54) is 5.56 Å². The molecule has 1 aromatic rings. The van der Waals surface area contributed by atoms with Gasteiger partial charge in [-0.1, -0.05) is 31.5 Å². The molecule has 102 valence electrons. The number of benzene rings is 1. The van der Waals surface area contributed by atoms with Crippen LogP contribution in [-0.4, -0.2) is 26.4 Å².